The molecule has 1 saturated heterocycles. The van der Waals surface area contributed by atoms with Crippen LogP contribution in [0.4, 0.5) is 5.69 Å². The summed E-state index contributed by atoms with van der Waals surface area (Å²) in [4.78, 5) is 37.5. The Morgan fingerprint density at radius 1 is 1.32 bits per heavy atom. The van der Waals surface area contributed by atoms with Gasteiger partial charge in [-0.1, -0.05) is 6.07 Å². The topological polar surface area (TPSA) is 113 Å². The van der Waals surface area contributed by atoms with Crippen LogP contribution in [0.1, 0.15) is 34.2 Å². The second kappa shape index (κ2) is 8.94. The first kappa shape index (κ1) is 20.0. The maximum Gasteiger partial charge on any atom is 0.269 e. The number of amides is 2. The number of likely N-dealkylation sites (tertiary alicyclic amines) is 1. The van der Waals surface area contributed by atoms with Crippen LogP contribution in [-0.2, 0) is 4.79 Å². The predicted molar refractivity (Wildman–Crippen MR) is 104 cm³/mol. The molecule has 2 atom stereocenters. The lowest BCUT2D eigenvalue weighted by Crippen LogP contribution is -2.45. The number of carbonyl (C=O) groups excluding carboxylic acids is 2. The van der Waals surface area contributed by atoms with Crippen LogP contribution in [0.25, 0.3) is 0 Å². The van der Waals surface area contributed by atoms with Crippen molar-refractivity contribution in [3.63, 3.8) is 0 Å². The molecule has 0 aliphatic carbocycles. The third-order valence-electron chi connectivity index (χ3n) is 4.77. The van der Waals surface area contributed by atoms with Gasteiger partial charge >= 0.3 is 0 Å². The molecule has 1 aliphatic rings. The van der Waals surface area contributed by atoms with E-state index in [9.17, 15) is 24.8 Å². The van der Waals surface area contributed by atoms with Gasteiger partial charge in [-0.3, -0.25) is 19.7 Å². The lowest BCUT2D eigenvalue weighted by atomic mass is 9.96. The van der Waals surface area contributed by atoms with Gasteiger partial charge in [0.25, 0.3) is 11.6 Å². The molecule has 148 valence electrons. The van der Waals surface area contributed by atoms with Gasteiger partial charge < -0.3 is 15.3 Å². The van der Waals surface area contributed by atoms with E-state index in [1.165, 1.54) is 35.6 Å². The summed E-state index contributed by atoms with van der Waals surface area (Å²) in [6.07, 6.45) is 0.477. The molecule has 0 unspecified atom stereocenters. The van der Waals surface area contributed by atoms with E-state index in [-0.39, 0.29) is 30.0 Å². The Balaban J connectivity index is 1.52. The molecule has 2 heterocycles. The Bertz CT molecular complexity index is 838. The summed E-state index contributed by atoms with van der Waals surface area (Å²) in [6, 6.07) is 9.17. The van der Waals surface area contributed by atoms with Crippen molar-refractivity contribution in [3.05, 3.63) is 62.3 Å². The zero-order valence-corrected chi connectivity index (χ0v) is 15.9. The number of nitro benzene ring substituents is 1. The summed E-state index contributed by atoms with van der Waals surface area (Å²) in [6.45, 7) is 0.994. The van der Waals surface area contributed by atoms with E-state index < -0.39 is 11.0 Å². The van der Waals surface area contributed by atoms with Crippen LogP contribution in [0.2, 0.25) is 0 Å². The van der Waals surface area contributed by atoms with E-state index in [0.29, 0.717) is 30.0 Å². The molecule has 3 rings (SSSR count). The molecular formula is C19H21N3O5S. The summed E-state index contributed by atoms with van der Waals surface area (Å²) in [5.41, 5.74) is 0.432. The number of piperidine rings is 1. The number of aliphatic hydroxyl groups excluding tert-OH is 1. The zero-order chi connectivity index (χ0) is 20.1. The highest BCUT2D eigenvalue weighted by Gasteiger charge is 2.29. The molecule has 1 aromatic heterocycles. The summed E-state index contributed by atoms with van der Waals surface area (Å²) in [5, 5.41) is 25.5. The van der Waals surface area contributed by atoms with Gasteiger partial charge in [0.2, 0.25) is 5.91 Å². The average molecular weight is 403 g/mol. The molecule has 0 spiro atoms. The Morgan fingerprint density at radius 2 is 2.07 bits per heavy atom. The highest BCUT2D eigenvalue weighted by Crippen LogP contribution is 2.21. The number of aliphatic hydroxyl groups is 1. The van der Waals surface area contributed by atoms with Crippen molar-refractivity contribution >= 4 is 28.8 Å². The third-order valence-corrected chi connectivity index (χ3v) is 5.63. The fourth-order valence-corrected chi connectivity index (χ4v) is 3.90. The maximum absolute atomic E-state index is 12.5. The number of non-ortho nitro benzene ring substituents is 1. The molecular weight excluding hydrogens is 382 g/mol. The van der Waals surface area contributed by atoms with Crippen molar-refractivity contribution in [1.29, 1.82) is 0 Å². The lowest BCUT2D eigenvalue weighted by molar-refractivity contribution is -0.384. The molecule has 1 fully saturated rings. The molecule has 0 saturated carbocycles. The van der Waals surface area contributed by atoms with Crippen molar-refractivity contribution in [2.24, 2.45) is 5.92 Å². The van der Waals surface area contributed by atoms with Crippen LogP contribution in [-0.4, -0.2) is 46.4 Å². The molecule has 0 radical (unpaired) electrons. The molecule has 28 heavy (non-hydrogen) atoms. The predicted octanol–water partition coefficient (Wildman–Crippen LogP) is 2.36. The summed E-state index contributed by atoms with van der Waals surface area (Å²) < 4.78 is 0. The van der Waals surface area contributed by atoms with Crippen molar-refractivity contribution in [3.8, 4) is 0 Å². The Morgan fingerprint density at radius 3 is 2.71 bits per heavy atom. The average Bonchev–Trinajstić information content (AvgIpc) is 3.26. The SMILES string of the molecule is O=C(NC[C@@H](O)c1ccc([N+](=O)[O-])cc1)[C@@H]1CCCN(C(=O)c2cccs2)C1. The van der Waals surface area contributed by atoms with Crippen LogP contribution in [0.3, 0.4) is 0 Å². The second-order valence-electron chi connectivity index (χ2n) is 6.68. The first-order valence-electron chi connectivity index (χ1n) is 8.98. The molecule has 2 amide bonds. The Hall–Kier alpha value is -2.78. The van der Waals surface area contributed by atoms with Crippen molar-refractivity contribution in [1.82, 2.24) is 10.2 Å². The largest absolute Gasteiger partial charge is 0.387 e. The van der Waals surface area contributed by atoms with E-state index >= 15 is 0 Å². The Kier molecular flexibility index (Phi) is 6.37. The minimum Gasteiger partial charge on any atom is -0.387 e. The zero-order valence-electron chi connectivity index (χ0n) is 15.1. The number of benzene rings is 1. The lowest BCUT2D eigenvalue weighted by Gasteiger charge is -2.32. The highest BCUT2D eigenvalue weighted by molar-refractivity contribution is 7.12. The summed E-state index contributed by atoms with van der Waals surface area (Å²) >= 11 is 1.38. The number of nitrogens with one attached hydrogen (secondary N) is 1. The minimum absolute atomic E-state index is 0.00597. The fraction of sp³-hybridized carbons (Fsp3) is 0.368. The van der Waals surface area contributed by atoms with Gasteiger partial charge in [-0.25, -0.2) is 0 Å². The van der Waals surface area contributed by atoms with Gasteiger partial charge in [0.1, 0.15) is 0 Å². The van der Waals surface area contributed by atoms with Crippen molar-refractivity contribution in [2.45, 2.75) is 18.9 Å². The third kappa shape index (κ3) is 4.73. The van der Waals surface area contributed by atoms with Gasteiger partial charge in [0.15, 0.2) is 0 Å². The quantitative estimate of drug-likeness (QED) is 0.568. The molecule has 0 bridgehead atoms. The fourth-order valence-electron chi connectivity index (χ4n) is 3.21. The minimum atomic E-state index is -0.961. The molecule has 1 aromatic carbocycles. The van der Waals surface area contributed by atoms with Gasteiger partial charge in [-0.15, -0.1) is 11.3 Å². The first-order chi connectivity index (χ1) is 13.5. The molecule has 1 aliphatic heterocycles. The maximum atomic E-state index is 12.5. The Labute approximate surface area is 165 Å². The summed E-state index contributed by atoms with van der Waals surface area (Å²) in [5.74, 6) is -0.579. The number of thiophene rings is 1. The van der Waals surface area contributed by atoms with Gasteiger partial charge in [0, 0.05) is 31.8 Å². The standard InChI is InChI=1S/C19H21N3O5S/c23-16(13-5-7-15(8-6-13)22(26)27)11-20-18(24)14-3-1-9-21(12-14)19(25)17-4-2-10-28-17/h2,4-8,10,14,16,23H,1,3,9,11-12H2,(H,20,24)/t14-,16-/m1/s1. The molecule has 9 heteroatoms. The van der Waals surface area contributed by atoms with Crippen molar-refractivity contribution < 1.29 is 19.6 Å². The van der Waals surface area contributed by atoms with E-state index in [0.717, 1.165) is 6.42 Å². The van der Waals surface area contributed by atoms with Crippen LogP contribution in [0, 0.1) is 16.0 Å². The van der Waals surface area contributed by atoms with Gasteiger partial charge in [0.05, 0.1) is 21.8 Å². The van der Waals surface area contributed by atoms with E-state index in [4.69, 9.17) is 0 Å². The smallest absolute Gasteiger partial charge is 0.269 e. The van der Waals surface area contributed by atoms with E-state index in [1.54, 1.807) is 11.0 Å². The number of carbonyl (C=O) groups is 2. The molecule has 2 N–H and O–H groups in total. The van der Waals surface area contributed by atoms with Crippen molar-refractivity contribution in [2.75, 3.05) is 19.6 Å². The normalized spacial score (nSPS) is 17.8. The number of rotatable bonds is 6. The number of hydrogen-bond donors (Lipinski definition) is 2. The summed E-state index contributed by atoms with van der Waals surface area (Å²) in [7, 11) is 0. The second-order valence-corrected chi connectivity index (χ2v) is 7.62. The van der Waals surface area contributed by atoms with Crippen LogP contribution >= 0.6 is 11.3 Å². The monoisotopic (exact) mass is 403 g/mol. The number of hydrogen-bond acceptors (Lipinski definition) is 6. The van der Waals surface area contributed by atoms with Crippen LogP contribution in [0.15, 0.2) is 41.8 Å². The van der Waals surface area contributed by atoms with Gasteiger partial charge in [-0.2, -0.15) is 0 Å². The van der Waals surface area contributed by atoms with Crippen LogP contribution in [0.5, 0.6) is 0 Å². The number of nitro groups is 1. The number of nitrogens with zero attached hydrogens (tertiary/aromatic N) is 2. The van der Waals surface area contributed by atoms with E-state index in [1.807, 2.05) is 11.4 Å². The van der Waals surface area contributed by atoms with Crippen LogP contribution < -0.4 is 5.32 Å². The first-order valence-corrected chi connectivity index (χ1v) is 9.86. The highest BCUT2D eigenvalue weighted by atomic mass is 32.1. The molecule has 2 aromatic rings. The van der Waals surface area contributed by atoms with Gasteiger partial charge in [-0.05, 0) is 42.0 Å². The molecule has 8 nitrogen and oxygen atoms in total. The van der Waals surface area contributed by atoms with E-state index in [2.05, 4.69) is 5.32 Å².